The highest BCUT2D eigenvalue weighted by atomic mass is 16.3. The number of carbonyl (C=O) groups excluding carboxylic acids is 2. The second kappa shape index (κ2) is 8.81. The molecule has 0 spiro atoms. The van der Waals surface area contributed by atoms with E-state index >= 15 is 0 Å². The number of hydrogen-bond donors (Lipinski definition) is 1. The fraction of sp³-hybridized carbons (Fsp3) is 0.500. The molecule has 1 heterocycles. The summed E-state index contributed by atoms with van der Waals surface area (Å²) in [4.78, 5) is 28.0. The number of likely N-dealkylation sites (N-methyl/N-ethyl adjacent to an activating group) is 1. The maximum Gasteiger partial charge on any atom is 0.247 e. The van der Waals surface area contributed by atoms with Gasteiger partial charge in [0.1, 0.15) is 0 Å². The van der Waals surface area contributed by atoms with Crippen LogP contribution >= 0.6 is 0 Å². The molecule has 2 amide bonds. The van der Waals surface area contributed by atoms with Crippen molar-refractivity contribution in [2.75, 3.05) is 26.7 Å². The number of piperidine rings is 1. The smallest absolute Gasteiger partial charge is 0.247 e. The lowest BCUT2D eigenvalue weighted by Gasteiger charge is -2.30. The fourth-order valence-corrected chi connectivity index (χ4v) is 2.91. The molecular formula is C20H28N2O3. The van der Waals surface area contributed by atoms with E-state index in [2.05, 4.69) is 0 Å². The van der Waals surface area contributed by atoms with E-state index in [9.17, 15) is 14.7 Å². The van der Waals surface area contributed by atoms with E-state index in [1.54, 1.807) is 18.0 Å². The van der Waals surface area contributed by atoms with Crippen molar-refractivity contribution in [1.29, 1.82) is 0 Å². The Morgan fingerprint density at radius 2 is 1.84 bits per heavy atom. The van der Waals surface area contributed by atoms with E-state index in [0.717, 1.165) is 17.6 Å². The van der Waals surface area contributed by atoms with Crippen molar-refractivity contribution in [3.63, 3.8) is 0 Å². The molecule has 0 bridgehead atoms. The predicted molar refractivity (Wildman–Crippen MR) is 98.9 cm³/mol. The van der Waals surface area contributed by atoms with Gasteiger partial charge in [-0.25, -0.2) is 0 Å². The predicted octanol–water partition coefficient (Wildman–Crippen LogP) is 2.23. The molecule has 25 heavy (non-hydrogen) atoms. The van der Waals surface area contributed by atoms with Crippen LogP contribution in [0.2, 0.25) is 0 Å². The lowest BCUT2D eigenvalue weighted by Crippen LogP contribution is -2.45. The van der Waals surface area contributed by atoms with Gasteiger partial charge in [0.2, 0.25) is 11.8 Å². The molecule has 136 valence electrons. The molecule has 2 rings (SSSR count). The Labute approximate surface area is 149 Å². The Hall–Kier alpha value is -2.14. The van der Waals surface area contributed by atoms with Crippen molar-refractivity contribution in [2.24, 2.45) is 0 Å². The van der Waals surface area contributed by atoms with E-state index < -0.39 is 0 Å². The summed E-state index contributed by atoms with van der Waals surface area (Å²) in [6.07, 6.45) is 3.28. The van der Waals surface area contributed by atoms with Crippen LogP contribution in [0.4, 0.5) is 0 Å². The number of nitrogens with zero attached hydrogens (tertiary/aromatic N) is 2. The first-order valence-corrected chi connectivity index (χ1v) is 8.89. The summed E-state index contributed by atoms with van der Waals surface area (Å²) in [7, 11) is 1.65. The van der Waals surface area contributed by atoms with Crippen LogP contribution in [-0.4, -0.2) is 59.5 Å². The fourth-order valence-electron chi connectivity index (χ4n) is 2.91. The Balaban J connectivity index is 1.98. The van der Waals surface area contributed by atoms with Gasteiger partial charge in [-0.15, -0.1) is 0 Å². The molecule has 5 heteroatoms. The van der Waals surface area contributed by atoms with Gasteiger partial charge in [0.25, 0.3) is 0 Å². The molecule has 1 aliphatic rings. The van der Waals surface area contributed by atoms with Crippen LogP contribution in [0.25, 0.3) is 5.57 Å². The standard InChI is InChI=1S/C20H28N2O3/c1-4-16(17-7-5-15(2)6-8-17)13-19(24)21(3)14-20(25)22-11-9-18(23)10-12-22/h5-8,13,18,23H,4,9-12,14H2,1-3H3/b16-13-. The average molecular weight is 344 g/mol. The summed E-state index contributed by atoms with van der Waals surface area (Å²) in [5.41, 5.74) is 3.18. The molecule has 1 fully saturated rings. The van der Waals surface area contributed by atoms with Crippen LogP contribution in [0.3, 0.4) is 0 Å². The molecule has 1 N–H and O–H groups in total. The van der Waals surface area contributed by atoms with Gasteiger partial charge in [0.15, 0.2) is 0 Å². The maximum absolute atomic E-state index is 12.5. The first-order valence-electron chi connectivity index (χ1n) is 8.89. The van der Waals surface area contributed by atoms with Crippen molar-refractivity contribution in [2.45, 2.75) is 39.2 Å². The molecule has 1 aromatic carbocycles. The number of aryl methyl sites for hydroxylation is 1. The monoisotopic (exact) mass is 344 g/mol. The third-order valence-corrected chi connectivity index (χ3v) is 4.67. The first kappa shape index (κ1) is 19.2. The number of hydrogen-bond acceptors (Lipinski definition) is 3. The zero-order valence-electron chi connectivity index (χ0n) is 15.4. The third-order valence-electron chi connectivity index (χ3n) is 4.67. The molecule has 0 unspecified atom stereocenters. The molecule has 0 aromatic heterocycles. The van der Waals surface area contributed by atoms with Gasteiger partial charge in [-0.05, 0) is 37.3 Å². The number of benzene rings is 1. The zero-order chi connectivity index (χ0) is 18.4. The quantitative estimate of drug-likeness (QED) is 0.833. The molecule has 0 aliphatic carbocycles. The van der Waals surface area contributed by atoms with Gasteiger partial charge < -0.3 is 14.9 Å². The lowest BCUT2D eigenvalue weighted by atomic mass is 10.0. The van der Waals surface area contributed by atoms with E-state index in [1.807, 2.05) is 38.1 Å². The van der Waals surface area contributed by atoms with Crippen molar-refractivity contribution in [3.05, 3.63) is 41.5 Å². The Bertz CT molecular complexity index is 629. The molecule has 5 nitrogen and oxygen atoms in total. The first-order chi connectivity index (χ1) is 11.9. The van der Waals surface area contributed by atoms with Crippen molar-refractivity contribution in [1.82, 2.24) is 9.80 Å². The van der Waals surface area contributed by atoms with Crippen LogP contribution < -0.4 is 0 Å². The molecule has 0 atom stereocenters. The van der Waals surface area contributed by atoms with Crippen molar-refractivity contribution < 1.29 is 14.7 Å². The molecule has 1 saturated heterocycles. The normalized spacial score (nSPS) is 16.0. The highest BCUT2D eigenvalue weighted by Gasteiger charge is 2.23. The van der Waals surface area contributed by atoms with Gasteiger partial charge in [-0.1, -0.05) is 36.8 Å². The molecule has 0 radical (unpaired) electrons. The van der Waals surface area contributed by atoms with Crippen LogP contribution in [-0.2, 0) is 9.59 Å². The highest BCUT2D eigenvalue weighted by Crippen LogP contribution is 2.19. The number of amides is 2. The summed E-state index contributed by atoms with van der Waals surface area (Å²) in [6, 6.07) is 8.09. The second-order valence-electron chi connectivity index (χ2n) is 6.70. The van der Waals surface area contributed by atoms with Gasteiger partial charge in [-0.3, -0.25) is 9.59 Å². The average Bonchev–Trinajstić information content (AvgIpc) is 2.60. The van der Waals surface area contributed by atoms with Gasteiger partial charge in [0, 0.05) is 26.2 Å². The van der Waals surface area contributed by atoms with Crippen LogP contribution in [0.5, 0.6) is 0 Å². The number of likely N-dealkylation sites (tertiary alicyclic amines) is 1. The molecule has 1 aromatic rings. The minimum absolute atomic E-state index is 0.0652. The topological polar surface area (TPSA) is 60.9 Å². The van der Waals surface area contributed by atoms with Crippen molar-refractivity contribution in [3.8, 4) is 0 Å². The van der Waals surface area contributed by atoms with E-state index in [0.29, 0.717) is 25.9 Å². The van der Waals surface area contributed by atoms with E-state index in [1.165, 1.54) is 10.5 Å². The molecule has 1 aliphatic heterocycles. The Morgan fingerprint density at radius 1 is 1.24 bits per heavy atom. The summed E-state index contributed by atoms with van der Waals surface area (Å²) < 4.78 is 0. The third kappa shape index (κ3) is 5.43. The molecule has 0 saturated carbocycles. The Kier molecular flexibility index (Phi) is 6.76. The number of aliphatic hydroxyl groups is 1. The second-order valence-corrected chi connectivity index (χ2v) is 6.70. The van der Waals surface area contributed by atoms with E-state index in [4.69, 9.17) is 0 Å². The summed E-state index contributed by atoms with van der Waals surface area (Å²) in [5, 5.41) is 9.52. The minimum atomic E-state index is -0.312. The summed E-state index contributed by atoms with van der Waals surface area (Å²) in [6.45, 7) is 5.23. The van der Waals surface area contributed by atoms with Crippen LogP contribution in [0, 0.1) is 6.92 Å². The van der Waals surface area contributed by atoms with Crippen LogP contribution in [0.1, 0.15) is 37.3 Å². The van der Waals surface area contributed by atoms with Gasteiger partial charge >= 0.3 is 0 Å². The number of aliphatic hydroxyl groups excluding tert-OH is 1. The van der Waals surface area contributed by atoms with Gasteiger partial charge in [-0.2, -0.15) is 0 Å². The summed E-state index contributed by atoms with van der Waals surface area (Å²) in [5.74, 6) is -0.229. The molecular weight excluding hydrogens is 316 g/mol. The maximum atomic E-state index is 12.5. The SMILES string of the molecule is CC/C(=C/C(=O)N(C)CC(=O)N1CCC(O)CC1)c1ccc(C)cc1. The van der Waals surface area contributed by atoms with E-state index in [-0.39, 0.29) is 24.5 Å². The summed E-state index contributed by atoms with van der Waals surface area (Å²) >= 11 is 0. The lowest BCUT2D eigenvalue weighted by molar-refractivity contribution is -0.138. The van der Waals surface area contributed by atoms with Crippen molar-refractivity contribution >= 4 is 17.4 Å². The number of allylic oxidation sites excluding steroid dienone is 1. The Morgan fingerprint density at radius 3 is 2.40 bits per heavy atom. The highest BCUT2D eigenvalue weighted by molar-refractivity contribution is 5.97. The number of carbonyl (C=O) groups is 2. The number of rotatable bonds is 5. The van der Waals surface area contributed by atoms with Gasteiger partial charge in [0.05, 0.1) is 12.6 Å². The minimum Gasteiger partial charge on any atom is -0.393 e. The zero-order valence-corrected chi connectivity index (χ0v) is 15.4. The van der Waals surface area contributed by atoms with Crippen LogP contribution in [0.15, 0.2) is 30.3 Å². The largest absolute Gasteiger partial charge is 0.393 e.